The number of nitrogens with two attached hydrogens (primary N) is 1. The number of hydrogen-bond donors (Lipinski definition) is 1. The van der Waals surface area contributed by atoms with Crippen LogP contribution in [0.1, 0.15) is 31.7 Å². The number of ether oxygens (including phenoxy) is 2. The molecule has 1 rings (SSSR count). The van der Waals surface area contributed by atoms with Crippen molar-refractivity contribution in [3.8, 4) is 5.75 Å². The standard InChI is InChI=1S/C14H23NO2/c1-11(10-12(2)15)13-6-4-5-7-14(13)17-9-8-16-3/h4-7,11-12H,8-10,15H2,1-3H3. The van der Waals surface area contributed by atoms with E-state index in [-0.39, 0.29) is 6.04 Å². The second-order valence-electron chi connectivity index (χ2n) is 4.49. The first-order valence-corrected chi connectivity index (χ1v) is 6.11. The second kappa shape index (κ2) is 7.30. The van der Waals surface area contributed by atoms with E-state index in [0.717, 1.165) is 12.2 Å². The topological polar surface area (TPSA) is 44.5 Å². The maximum Gasteiger partial charge on any atom is 0.122 e. The third-order valence-corrected chi connectivity index (χ3v) is 2.72. The highest BCUT2D eigenvalue weighted by Gasteiger charge is 2.12. The van der Waals surface area contributed by atoms with Crippen LogP contribution in [0, 0.1) is 0 Å². The molecule has 0 saturated carbocycles. The number of methoxy groups -OCH3 is 1. The zero-order valence-electron chi connectivity index (χ0n) is 11.0. The molecule has 2 atom stereocenters. The summed E-state index contributed by atoms with van der Waals surface area (Å²) in [6.45, 7) is 5.40. The van der Waals surface area contributed by atoms with Crippen LogP contribution in [0.5, 0.6) is 5.75 Å². The maximum absolute atomic E-state index is 5.84. The molecule has 0 radical (unpaired) electrons. The summed E-state index contributed by atoms with van der Waals surface area (Å²) in [7, 11) is 1.67. The zero-order valence-corrected chi connectivity index (χ0v) is 11.0. The van der Waals surface area contributed by atoms with Gasteiger partial charge in [-0.2, -0.15) is 0 Å². The summed E-state index contributed by atoms with van der Waals surface area (Å²) in [4.78, 5) is 0. The summed E-state index contributed by atoms with van der Waals surface area (Å²) in [5.74, 6) is 1.35. The number of rotatable bonds is 7. The molecular formula is C14H23NO2. The van der Waals surface area contributed by atoms with E-state index in [4.69, 9.17) is 15.2 Å². The fraction of sp³-hybridized carbons (Fsp3) is 0.571. The van der Waals surface area contributed by atoms with E-state index in [0.29, 0.717) is 19.1 Å². The molecule has 2 unspecified atom stereocenters. The molecule has 1 aromatic rings. The van der Waals surface area contributed by atoms with Crippen LogP contribution in [-0.4, -0.2) is 26.4 Å². The quantitative estimate of drug-likeness (QED) is 0.741. The lowest BCUT2D eigenvalue weighted by Gasteiger charge is -2.18. The van der Waals surface area contributed by atoms with E-state index in [9.17, 15) is 0 Å². The van der Waals surface area contributed by atoms with Crippen LogP contribution in [0.25, 0.3) is 0 Å². The van der Waals surface area contributed by atoms with Gasteiger partial charge in [0, 0.05) is 13.2 Å². The van der Waals surface area contributed by atoms with Gasteiger partial charge >= 0.3 is 0 Å². The van der Waals surface area contributed by atoms with Crippen molar-refractivity contribution < 1.29 is 9.47 Å². The third-order valence-electron chi connectivity index (χ3n) is 2.72. The fourth-order valence-corrected chi connectivity index (χ4v) is 1.94. The summed E-state index contributed by atoms with van der Waals surface area (Å²) < 4.78 is 10.7. The Labute approximate surface area is 104 Å². The first-order chi connectivity index (χ1) is 8.15. The van der Waals surface area contributed by atoms with E-state index in [1.807, 2.05) is 25.1 Å². The van der Waals surface area contributed by atoms with Gasteiger partial charge in [0.05, 0.1) is 6.61 Å². The Morgan fingerprint density at radius 3 is 2.53 bits per heavy atom. The summed E-state index contributed by atoms with van der Waals surface area (Å²) in [6.07, 6.45) is 0.963. The molecular weight excluding hydrogens is 214 g/mol. The summed E-state index contributed by atoms with van der Waals surface area (Å²) in [5, 5.41) is 0. The van der Waals surface area contributed by atoms with Gasteiger partial charge in [-0.1, -0.05) is 25.1 Å². The lowest BCUT2D eigenvalue weighted by Crippen LogP contribution is -2.18. The van der Waals surface area contributed by atoms with Crippen molar-refractivity contribution in [1.82, 2.24) is 0 Å². The van der Waals surface area contributed by atoms with Crippen LogP contribution in [0.4, 0.5) is 0 Å². The summed E-state index contributed by atoms with van der Waals surface area (Å²) in [6, 6.07) is 8.34. The Morgan fingerprint density at radius 1 is 1.18 bits per heavy atom. The molecule has 0 amide bonds. The lowest BCUT2D eigenvalue weighted by molar-refractivity contribution is 0.145. The molecule has 0 aliphatic carbocycles. The minimum absolute atomic E-state index is 0.206. The Hall–Kier alpha value is -1.06. The molecule has 1 aromatic carbocycles. The summed E-state index contributed by atoms with van der Waals surface area (Å²) >= 11 is 0. The molecule has 2 N–H and O–H groups in total. The maximum atomic E-state index is 5.84. The van der Waals surface area contributed by atoms with Crippen molar-refractivity contribution in [3.63, 3.8) is 0 Å². The van der Waals surface area contributed by atoms with Crippen LogP contribution < -0.4 is 10.5 Å². The van der Waals surface area contributed by atoms with Crippen molar-refractivity contribution in [2.75, 3.05) is 20.3 Å². The molecule has 0 aromatic heterocycles. The highest BCUT2D eigenvalue weighted by Crippen LogP contribution is 2.29. The molecule has 3 nitrogen and oxygen atoms in total. The Morgan fingerprint density at radius 2 is 1.88 bits per heavy atom. The van der Waals surface area contributed by atoms with Gasteiger partial charge in [-0.3, -0.25) is 0 Å². The van der Waals surface area contributed by atoms with Crippen molar-refractivity contribution in [2.45, 2.75) is 32.2 Å². The predicted molar refractivity (Wildman–Crippen MR) is 70.5 cm³/mol. The Balaban J connectivity index is 2.69. The van der Waals surface area contributed by atoms with Gasteiger partial charge in [-0.05, 0) is 30.9 Å². The Bertz CT molecular complexity index is 326. The predicted octanol–water partition coefficient (Wildman–Crippen LogP) is 2.55. The normalized spacial score (nSPS) is 14.4. The first-order valence-electron chi connectivity index (χ1n) is 6.11. The van der Waals surface area contributed by atoms with Gasteiger partial charge in [0.15, 0.2) is 0 Å². The molecule has 0 aliphatic rings. The van der Waals surface area contributed by atoms with Crippen molar-refractivity contribution in [3.05, 3.63) is 29.8 Å². The minimum atomic E-state index is 0.206. The number of para-hydroxylation sites is 1. The lowest BCUT2D eigenvalue weighted by atomic mass is 9.94. The van der Waals surface area contributed by atoms with Crippen LogP contribution >= 0.6 is 0 Å². The zero-order chi connectivity index (χ0) is 12.7. The van der Waals surface area contributed by atoms with Gasteiger partial charge in [-0.25, -0.2) is 0 Å². The van der Waals surface area contributed by atoms with E-state index < -0.39 is 0 Å². The number of benzene rings is 1. The Kier molecular flexibility index (Phi) is 6.01. The molecule has 96 valence electrons. The third kappa shape index (κ3) is 4.75. The molecule has 17 heavy (non-hydrogen) atoms. The second-order valence-corrected chi connectivity index (χ2v) is 4.49. The van der Waals surface area contributed by atoms with E-state index in [2.05, 4.69) is 13.0 Å². The van der Waals surface area contributed by atoms with E-state index in [1.165, 1.54) is 5.56 Å². The molecule has 0 fully saturated rings. The molecule has 0 bridgehead atoms. The number of hydrogen-bond acceptors (Lipinski definition) is 3. The summed E-state index contributed by atoms with van der Waals surface area (Å²) in [5.41, 5.74) is 7.06. The van der Waals surface area contributed by atoms with Gasteiger partial charge in [0.1, 0.15) is 12.4 Å². The van der Waals surface area contributed by atoms with Gasteiger partial charge in [0.2, 0.25) is 0 Å². The fourth-order valence-electron chi connectivity index (χ4n) is 1.94. The van der Waals surface area contributed by atoms with Crippen LogP contribution in [-0.2, 0) is 4.74 Å². The van der Waals surface area contributed by atoms with E-state index in [1.54, 1.807) is 7.11 Å². The van der Waals surface area contributed by atoms with Crippen molar-refractivity contribution in [1.29, 1.82) is 0 Å². The molecule has 0 saturated heterocycles. The van der Waals surface area contributed by atoms with Crippen molar-refractivity contribution >= 4 is 0 Å². The van der Waals surface area contributed by atoms with Gasteiger partial charge < -0.3 is 15.2 Å². The molecule has 0 heterocycles. The minimum Gasteiger partial charge on any atom is -0.491 e. The molecule has 0 spiro atoms. The van der Waals surface area contributed by atoms with Crippen LogP contribution in [0.15, 0.2) is 24.3 Å². The van der Waals surface area contributed by atoms with Gasteiger partial charge in [-0.15, -0.1) is 0 Å². The van der Waals surface area contributed by atoms with E-state index >= 15 is 0 Å². The van der Waals surface area contributed by atoms with Crippen molar-refractivity contribution in [2.24, 2.45) is 5.73 Å². The van der Waals surface area contributed by atoms with Crippen LogP contribution in [0.2, 0.25) is 0 Å². The van der Waals surface area contributed by atoms with Gasteiger partial charge in [0.25, 0.3) is 0 Å². The molecule has 3 heteroatoms. The average Bonchev–Trinajstić information content (AvgIpc) is 2.29. The molecule has 0 aliphatic heterocycles. The van der Waals surface area contributed by atoms with Crippen LogP contribution in [0.3, 0.4) is 0 Å². The SMILES string of the molecule is COCCOc1ccccc1C(C)CC(C)N. The smallest absolute Gasteiger partial charge is 0.122 e. The highest BCUT2D eigenvalue weighted by molar-refractivity contribution is 5.36. The first kappa shape index (κ1) is 14.0. The largest absolute Gasteiger partial charge is 0.491 e. The highest BCUT2D eigenvalue weighted by atomic mass is 16.5. The average molecular weight is 237 g/mol. The monoisotopic (exact) mass is 237 g/mol.